The van der Waals surface area contributed by atoms with Crippen molar-refractivity contribution in [2.75, 3.05) is 0 Å². The van der Waals surface area contributed by atoms with E-state index in [0.29, 0.717) is 18.2 Å². The Balaban J connectivity index is 1.42. The fourth-order valence-corrected chi connectivity index (χ4v) is 3.74. The SMILES string of the molecule is c1ccc(Oc2cccc(O[C@H]3C[C@H]4CCC[C@@H](C3)N4)c2)cc1. The normalized spacial score (nSPS) is 26.5. The van der Waals surface area contributed by atoms with Crippen molar-refractivity contribution >= 4 is 0 Å². The summed E-state index contributed by atoms with van der Waals surface area (Å²) in [5, 5.41) is 3.71. The fourth-order valence-electron chi connectivity index (χ4n) is 3.74. The molecule has 0 saturated carbocycles. The smallest absolute Gasteiger partial charge is 0.131 e. The van der Waals surface area contributed by atoms with Crippen LogP contribution in [0.1, 0.15) is 32.1 Å². The van der Waals surface area contributed by atoms with Crippen molar-refractivity contribution in [2.45, 2.75) is 50.3 Å². The van der Waals surface area contributed by atoms with Crippen LogP contribution >= 0.6 is 0 Å². The van der Waals surface area contributed by atoms with Gasteiger partial charge in [0.15, 0.2) is 0 Å². The predicted molar refractivity (Wildman–Crippen MR) is 91.2 cm³/mol. The summed E-state index contributed by atoms with van der Waals surface area (Å²) in [5.41, 5.74) is 0. The van der Waals surface area contributed by atoms with Gasteiger partial charge in [-0.2, -0.15) is 0 Å². The van der Waals surface area contributed by atoms with Crippen molar-refractivity contribution in [3.8, 4) is 17.2 Å². The lowest BCUT2D eigenvalue weighted by Gasteiger charge is -2.40. The van der Waals surface area contributed by atoms with Gasteiger partial charge in [-0.1, -0.05) is 30.7 Å². The molecule has 0 aliphatic carbocycles. The number of piperidine rings is 2. The third-order valence-electron chi connectivity index (χ3n) is 4.76. The van der Waals surface area contributed by atoms with Gasteiger partial charge in [-0.3, -0.25) is 0 Å². The minimum absolute atomic E-state index is 0.318. The molecule has 2 saturated heterocycles. The maximum Gasteiger partial charge on any atom is 0.131 e. The van der Waals surface area contributed by atoms with Gasteiger partial charge in [0.1, 0.15) is 23.4 Å². The Labute approximate surface area is 137 Å². The molecule has 2 aromatic rings. The van der Waals surface area contributed by atoms with Crippen LogP contribution in [-0.4, -0.2) is 18.2 Å². The van der Waals surface area contributed by atoms with E-state index in [1.807, 2.05) is 54.6 Å². The summed E-state index contributed by atoms with van der Waals surface area (Å²) < 4.78 is 12.1. The molecule has 3 atom stereocenters. The standard InChI is InChI=1S/C20H23NO2/c1-2-8-17(9-3-1)22-18-10-5-11-19(14-18)23-20-12-15-6-4-7-16(13-20)21-15/h1-3,5,8-11,14-16,20-21H,4,6-7,12-13H2/t15-,16+,20+. The van der Waals surface area contributed by atoms with E-state index in [-0.39, 0.29) is 0 Å². The van der Waals surface area contributed by atoms with Crippen molar-refractivity contribution in [1.82, 2.24) is 5.32 Å². The van der Waals surface area contributed by atoms with Gasteiger partial charge < -0.3 is 14.8 Å². The van der Waals surface area contributed by atoms with Crippen molar-refractivity contribution in [1.29, 1.82) is 0 Å². The molecule has 23 heavy (non-hydrogen) atoms. The van der Waals surface area contributed by atoms with Crippen LogP contribution in [-0.2, 0) is 0 Å². The van der Waals surface area contributed by atoms with Crippen molar-refractivity contribution in [3.05, 3.63) is 54.6 Å². The Hall–Kier alpha value is -2.00. The van der Waals surface area contributed by atoms with Gasteiger partial charge >= 0.3 is 0 Å². The molecule has 2 aliphatic heterocycles. The third-order valence-corrected chi connectivity index (χ3v) is 4.76. The van der Waals surface area contributed by atoms with E-state index in [2.05, 4.69) is 5.32 Å². The molecule has 0 amide bonds. The molecule has 2 fully saturated rings. The maximum absolute atomic E-state index is 6.25. The Kier molecular flexibility index (Phi) is 4.20. The number of benzene rings is 2. The molecule has 0 spiro atoms. The predicted octanol–water partition coefficient (Wildman–Crippen LogP) is 4.53. The van der Waals surface area contributed by atoms with Gasteiger partial charge in [-0.15, -0.1) is 0 Å². The number of para-hydroxylation sites is 1. The summed E-state index contributed by atoms with van der Waals surface area (Å²) in [7, 11) is 0. The highest BCUT2D eigenvalue weighted by molar-refractivity contribution is 5.36. The molecule has 2 heterocycles. The quantitative estimate of drug-likeness (QED) is 0.900. The second-order valence-corrected chi connectivity index (χ2v) is 6.59. The second kappa shape index (κ2) is 6.63. The van der Waals surface area contributed by atoms with Gasteiger partial charge in [0.2, 0.25) is 0 Å². The average molecular weight is 309 g/mol. The molecule has 2 aromatic carbocycles. The van der Waals surface area contributed by atoms with Crippen LogP contribution in [0.2, 0.25) is 0 Å². The van der Waals surface area contributed by atoms with Crippen LogP contribution in [0.4, 0.5) is 0 Å². The van der Waals surface area contributed by atoms with E-state index in [4.69, 9.17) is 9.47 Å². The van der Waals surface area contributed by atoms with Gasteiger partial charge in [0, 0.05) is 18.2 Å². The molecule has 3 heteroatoms. The van der Waals surface area contributed by atoms with E-state index < -0.39 is 0 Å². The first kappa shape index (κ1) is 14.6. The summed E-state index contributed by atoms with van der Waals surface area (Å²) in [4.78, 5) is 0. The minimum Gasteiger partial charge on any atom is -0.490 e. The molecule has 2 bridgehead atoms. The lowest BCUT2D eigenvalue weighted by Crippen LogP contribution is -2.51. The number of hydrogen-bond donors (Lipinski definition) is 1. The van der Waals surface area contributed by atoms with Gasteiger partial charge in [-0.05, 0) is 49.9 Å². The first-order valence-corrected chi connectivity index (χ1v) is 8.61. The lowest BCUT2D eigenvalue weighted by molar-refractivity contribution is 0.0926. The van der Waals surface area contributed by atoms with Crippen LogP contribution in [0.25, 0.3) is 0 Å². The van der Waals surface area contributed by atoms with Crippen LogP contribution in [0, 0.1) is 0 Å². The highest BCUT2D eigenvalue weighted by Crippen LogP contribution is 2.30. The Morgan fingerprint density at radius 1 is 0.783 bits per heavy atom. The Bertz CT molecular complexity index is 631. The molecule has 3 nitrogen and oxygen atoms in total. The van der Waals surface area contributed by atoms with Crippen LogP contribution < -0.4 is 14.8 Å². The number of hydrogen-bond acceptors (Lipinski definition) is 3. The molecule has 2 aliphatic rings. The van der Waals surface area contributed by atoms with Crippen LogP contribution in [0.5, 0.6) is 17.2 Å². The topological polar surface area (TPSA) is 30.5 Å². The van der Waals surface area contributed by atoms with Gasteiger partial charge in [-0.25, -0.2) is 0 Å². The summed E-state index contributed by atoms with van der Waals surface area (Å²) in [5.74, 6) is 2.58. The Morgan fingerprint density at radius 3 is 2.26 bits per heavy atom. The Morgan fingerprint density at radius 2 is 1.48 bits per heavy atom. The van der Waals surface area contributed by atoms with Crippen LogP contribution in [0.3, 0.4) is 0 Å². The molecular weight excluding hydrogens is 286 g/mol. The number of ether oxygens (including phenoxy) is 2. The first-order chi connectivity index (χ1) is 11.3. The van der Waals surface area contributed by atoms with E-state index >= 15 is 0 Å². The molecule has 1 N–H and O–H groups in total. The van der Waals surface area contributed by atoms with Crippen LogP contribution in [0.15, 0.2) is 54.6 Å². The van der Waals surface area contributed by atoms with Crippen molar-refractivity contribution in [3.63, 3.8) is 0 Å². The number of nitrogens with one attached hydrogen (secondary N) is 1. The summed E-state index contributed by atoms with van der Waals surface area (Å²) in [6.45, 7) is 0. The molecular formula is C20H23NO2. The molecule has 4 rings (SSSR count). The molecule has 120 valence electrons. The van der Waals surface area contributed by atoms with E-state index in [1.165, 1.54) is 19.3 Å². The summed E-state index contributed by atoms with van der Waals surface area (Å²) >= 11 is 0. The summed E-state index contributed by atoms with van der Waals surface area (Å²) in [6.07, 6.45) is 6.47. The zero-order chi connectivity index (χ0) is 15.5. The van der Waals surface area contributed by atoms with Crippen molar-refractivity contribution < 1.29 is 9.47 Å². The van der Waals surface area contributed by atoms with E-state index in [1.54, 1.807) is 0 Å². The number of fused-ring (bicyclic) bond motifs is 2. The zero-order valence-electron chi connectivity index (χ0n) is 13.3. The maximum atomic E-state index is 6.25. The lowest BCUT2D eigenvalue weighted by atomic mass is 9.85. The highest BCUT2D eigenvalue weighted by atomic mass is 16.5. The first-order valence-electron chi connectivity index (χ1n) is 8.61. The monoisotopic (exact) mass is 309 g/mol. The third kappa shape index (κ3) is 3.67. The van der Waals surface area contributed by atoms with E-state index in [0.717, 1.165) is 30.1 Å². The molecule has 0 unspecified atom stereocenters. The fraction of sp³-hybridized carbons (Fsp3) is 0.400. The zero-order valence-corrected chi connectivity index (χ0v) is 13.3. The second-order valence-electron chi connectivity index (χ2n) is 6.59. The highest BCUT2D eigenvalue weighted by Gasteiger charge is 2.32. The minimum atomic E-state index is 0.318. The number of rotatable bonds is 4. The van der Waals surface area contributed by atoms with E-state index in [9.17, 15) is 0 Å². The molecule has 0 radical (unpaired) electrons. The van der Waals surface area contributed by atoms with Gasteiger partial charge in [0.05, 0.1) is 0 Å². The molecule has 0 aromatic heterocycles. The largest absolute Gasteiger partial charge is 0.490 e. The summed E-state index contributed by atoms with van der Waals surface area (Å²) in [6, 6.07) is 19.1. The van der Waals surface area contributed by atoms with Gasteiger partial charge in [0.25, 0.3) is 0 Å². The van der Waals surface area contributed by atoms with Crippen molar-refractivity contribution in [2.24, 2.45) is 0 Å². The average Bonchev–Trinajstić information content (AvgIpc) is 2.56.